The van der Waals surface area contributed by atoms with Crippen LogP contribution in [0.3, 0.4) is 0 Å². The average molecular weight is 336 g/mol. The standard InChI is InChI=1S/C20H22N3O2/c1-19(2)20(3,4)23(25)18(22(19)24)17-8-6-5-7-16(17)15-11-9-14(13-21)10-12-15/h5-12,22-23H,1-4H3. The van der Waals surface area contributed by atoms with E-state index in [1.165, 1.54) is 0 Å². The van der Waals surface area contributed by atoms with Crippen LogP contribution in [0.1, 0.15) is 38.8 Å². The summed E-state index contributed by atoms with van der Waals surface area (Å²) in [5.74, 6) is 0. The highest BCUT2D eigenvalue weighted by Crippen LogP contribution is 2.30. The van der Waals surface area contributed by atoms with Gasteiger partial charge in [-0.2, -0.15) is 5.26 Å². The van der Waals surface area contributed by atoms with E-state index in [2.05, 4.69) is 6.07 Å². The zero-order valence-electron chi connectivity index (χ0n) is 14.9. The van der Waals surface area contributed by atoms with Crippen molar-refractivity contribution >= 4 is 0 Å². The Kier molecular flexibility index (Phi) is 4.18. The van der Waals surface area contributed by atoms with Gasteiger partial charge in [0.1, 0.15) is 0 Å². The molecule has 2 aromatic carbocycles. The second kappa shape index (κ2) is 5.94. The molecule has 1 fully saturated rings. The third kappa shape index (κ3) is 2.55. The molecule has 3 rings (SSSR count). The van der Waals surface area contributed by atoms with E-state index in [1.807, 2.05) is 64.1 Å². The number of hydrogen-bond donors (Lipinski definition) is 2. The molecule has 0 aliphatic carbocycles. The van der Waals surface area contributed by atoms with Crippen molar-refractivity contribution in [3.05, 3.63) is 76.2 Å². The highest BCUT2D eigenvalue weighted by atomic mass is 16.6. The lowest BCUT2D eigenvalue weighted by molar-refractivity contribution is -0.974. The van der Waals surface area contributed by atoms with Gasteiger partial charge in [0.15, 0.2) is 11.1 Å². The SMILES string of the molecule is CC1(C)[NH+]([O-])[C](c2ccccc2-c2ccc(C#N)cc2)[NH+]([O-])C1(C)C. The van der Waals surface area contributed by atoms with E-state index in [9.17, 15) is 10.4 Å². The van der Waals surface area contributed by atoms with Crippen molar-refractivity contribution in [2.24, 2.45) is 0 Å². The number of benzene rings is 2. The molecule has 0 amide bonds. The smallest absolute Gasteiger partial charge is 0.365 e. The summed E-state index contributed by atoms with van der Waals surface area (Å²) in [4.78, 5) is 0. The van der Waals surface area contributed by atoms with E-state index >= 15 is 0 Å². The minimum atomic E-state index is -0.739. The quantitative estimate of drug-likeness (QED) is 0.814. The molecule has 25 heavy (non-hydrogen) atoms. The van der Waals surface area contributed by atoms with Crippen LogP contribution in [0, 0.1) is 27.9 Å². The summed E-state index contributed by atoms with van der Waals surface area (Å²) in [6, 6.07) is 16.7. The third-order valence-corrected chi connectivity index (χ3v) is 5.67. The molecule has 2 unspecified atom stereocenters. The molecule has 2 N–H and O–H groups in total. The van der Waals surface area contributed by atoms with Crippen molar-refractivity contribution in [1.29, 1.82) is 5.26 Å². The first-order chi connectivity index (χ1) is 11.7. The Morgan fingerprint density at radius 1 is 0.800 bits per heavy atom. The Labute approximate surface area is 148 Å². The first-order valence-corrected chi connectivity index (χ1v) is 8.28. The normalized spacial score (nSPS) is 24.8. The summed E-state index contributed by atoms with van der Waals surface area (Å²) in [7, 11) is 0. The van der Waals surface area contributed by atoms with Gasteiger partial charge in [0, 0.05) is 0 Å². The van der Waals surface area contributed by atoms with Gasteiger partial charge in [-0.15, -0.1) is 0 Å². The van der Waals surface area contributed by atoms with Gasteiger partial charge in [-0.25, -0.2) is 0 Å². The lowest BCUT2D eigenvalue weighted by Crippen LogP contribution is -3.22. The molecule has 0 saturated carbocycles. The zero-order valence-corrected chi connectivity index (χ0v) is 14.9. The molecule has 1 saturated heterocycles. The number of quaternary nitrogens is 2. The number of hydroxylamine groups is 4. The van der Waals surface area contributed by atoms with E-state index in [-0.39, 0.29) is 16.3 Å². The van der Waals surface area contributed by atoms with Crippen LogP contribution in [0.4, 0.5) is 0 Å². The summed E-state index contributed by atoms with van der Waals surface area (Å²) in [6.07, 6.45) is 0.287. The van der Waals surface area contributed by atoms with Gasteiger partial charge in [0.05, 0.1) is 17.2 Å². The Morgan fingerprint density at radius 3 is 1.76 bits per heavy atom. The predicted molar refractivity (Wildman–Crippen MR) is 95.8 cm³/mol. The largest absolute Gasteiger partial charge is 0.629 e. The fourth-order valence-electron chi connectivity index (χ4n) is 3.22. The topological polar surface area (TPSA) is 78.8 Å². The molecule has 5 heteroatoms. The fraction of sp³-hybridized carbons (Fsp3) is 0.300. The number of nitriles is 1. The summed E-state index contributed by atoms with van der Waals surface area (Å²) < 4.78 is 0. The third-order valence-electron chi connectivity index (χ3n) is 5.67. The highest BCUT2D eigenvalue weighted by molar-refractivity contribution is 5.69. The van der Waals surface area contributed by atoms with Crippen molar-refractivity contribution in [1.82, 2.24) is 0 Å². The van der Waals surface area contributed by atoms with Crippen LogP contribution >= 0.6 is 0 Å². The van der Waals surface area contributed by atoms with Crippen LogP contribution < -0.4 is 10.1 Å². The van der Waals surface area contributed by atoms with Crippen molar-refractivity contribution in [3.8, 4) is 17.2 Å². The van der Waals surface area contributed by atoms with Crippen LogP contribution in [0.25, 0.3) is 11.1 Å². The maximum atomic E-state index is 13.0. The minimum absolute atomic E-state index is 0.108. The number of hydrogen-bond acceptors (Lipinski definition) is 3. The van der Waals surface area contributed by atoms with Crippen LogP contribution in [-0.4, -0.2) is 11.1 Å². The van der Waals surface area contributed by atoms with Crippen LogP contribution in [0.15, 0.2) is 48.5 Å². The minimum Gasteiger partial charge on any atom is -0.629 e. The maximum absolute atomic E-state index is 13.0. The molecule has 1 aliphatic rings. The molecule has 1 heterocycles. The van der Waals surface area contributed by atoms with Gasteiger partial charge in [-0.3, -0.25) is 10.1 Å². The lowest BCUT2D eigenvalue weighted by atomic mass is 9.84. The molecule has 1 radical (unpaired) electrons. The summed E-state index contributed by atoms with van der Waals surface area (Å²) in [5, 5.41) is 34.8. The average Bonchev–Trinajstić information content (AvgIpc) is 2.72. The van der Waals surface area contributed by atoms with E-state index in [1.54, 1.807) is 12.1 Å². The van der Waals surface area contributed by atoms with Crippen LogP contribution in [0.5, 0.6) is 0 Å². The molecular formula is C20H22N3O2. The van der Waals surface area contributed by atoms with Gasteiger partial charge >= 0.3 is 6.17 Å². The first-order valence-electron chi connectivity index (χ1n) is 8.28. The van der Waals surface area contributed by atoms with Gasteiger partial charge < -0.3 is 10.4 Å². The van der Waals surface area contributed by atoms with Gasteiger partial charge in [-0.1, -0.05) is 30.3 Å². The molecule has 1 aliphatic heterocycles. The van der Waals surface area contributed by atoms with Crippen molar-refractivity contribution in [2.75, 3.05) is 0 Å². The molecular weight excluding hydrogens is 314 g/mol. The number of nitrogens with zero attached hydrogens (tertiary/aromatic N) is 1. The molecule has 0 bridgehead atoms. The van der Waals surface area contributed by atoms with E-state index in [4.69, 9.17) is 5.26 Å². The van der Waals surface area contributed by atoms with Crippen LogP contribution in [-0.2, 0) is 0 Å². The molecule has 0 aromatic heterocycles. The van der Waals surface area contributed by atoms with Crippen molar-refractivity contribution in [3.63, 3.8) is 0 Å². The Balaban J connectivity index is 2.12. The van der Waals surface area contributed by atoms with Gasteiger partial charge in [0.25, 0.3) is 0 Å². The Hall–Kier alpha value is -2.23. The molecule has 129 valence electrons. The monoisotopic (exact) mass is 336 g/mol. The van der Waals surface area contributed by atoms with Gasteiger partial charge in [-0.05, 0) is 57.0 Å². The summed E-state index contributed by atoms with van der Waals surface area (Å²) in [6.45, 7) is 7.35. The highest BCUT2D eigenvalue weighted by Gasteiger charge is 2.62. The Morgan fingerprint density at radius 2 is 1.28 bits per heavy atom. The second-order valence-electron chi connectivity index (χ2n) is 7.52. The summed E-state index contributed by atoms with van der Waals surface area (Å²) in [5.41, 5.74) is 1.47. The maximum Gasteiger partial charge on any atom is 0.365 e. The van der Waals surface area contributed by atoms with Crippen molar-refractivity contribution in [2.45, 2.75) is 38.8 Å². The van der Waals surface area contributed by atoms with E-state index in [0.29, 0.717) is 11.1 Å². The van der Waals surface area contributed by atoms with Crippen LogP contribution in [0.2, 0.25) is 0 Å². The van der Waals surface area contributed by atoms with E-state index in [0.717, 1.165) is 11.1 Å². The second-order valence-corrected chi connectivity index (χ2v) is 7.52. The summed E-state index contributed by atoms with van der Waals surface area (Å²) >= 11 is 0. The van der Waals surface area contributed by atoms with Gasteiger partial charge in [0.2, 0.25) is 0 Å². The molecule has 5 nitrogen and oxygen atoms in total. The first kappa shape index (κ1) is 17.6. The molecule has 2 atom stereocenters. The zero-order chi connectivity index (χ0) is 18.4. The lowest BCUT2D eigenvalue weighted by Gasteiger charge is -2.36. The predicted octanol–water partition coefficient (Wildman–Crippen LogP) is 1.40. The molecule has 2 aromatic rings. The Bertz CT molecular complexity index is 802. The number of nitrogens with one attached hydrogen (secondary N) is 2. The van der Waals surface area contributed by atoms with Crippen molar-refractivity contribution < 1.29 is 10.1 Å². The van der Waals surface area contributed by atoms with E-state index < -0.39 is 11.1 Å². The molecule has 0 spiro atoms. The number of rotatable bonds is 2. The fourth-order valence-corrected chi connectivity index (χ4v) is 3.22.